The fraction of sp³-hybridized carbons (Fsp3) is 1.00. The van der Waals surface area contributed by atoms with E-state index in [0.29, 0.717) is 0 Å². The monoisotopic (exact) mass is 226 g/mol. The summed E-state index contributed by atoms with van der Waals surface area (Å²) in [7, 11) is 0. The highest BCUT2D eigenvalue weighted by atomic mass is 15.2. The Hall–Kier alpha value is -0.0800. The second-order valence-electron chi connectivity index (χ2n) is 6.15. The zero-order chi connectivity index (χ0) is 12.2. The molecule has 0 aromatic carbocycles. The fourth-order valence-corrected chi connectivity index (χ4v) is 2.63. The third-order valence-corrected chi connectivity index (χ3v) is 3.75. The Balaban J connectivity index is 2.57. The van der Waals surface area contributed by atoms with E-state index < -0.39 is 0 Å². The van der Waals surface area contributed by atoms with Crippen LogP contribution < -0.4 is 5.73 Å². The molecule has 1 rings (SSSR count). The van der Waals surface area contributed by atoms with Crippen molar-refractivity contribution in [3.8, 4) is 0 Å². The van der Waals surface area contributed by atoms with Crippen molar-refractivity contribution in [2.24, 2.45) is 17.1 Å². The lowest BCUT2D eigenvalue weighted by atomic mass is 9.91. The molecule has 0 radical (unpaired) electrons. The first-order valence-electron chi connectivity index (χ1n) is 6.98. The standard InChI is InChI=1S/C14H30N2/c1-5-9-16(11-14(3,4)10-15)13(6-2)12-7-8-12/h12-13H,5-11,15H2,1-4H3. The Morgan fingerprint density at radius 3 is 2.31 bits per heavy atom. The van der Waals surface area contributed by atoms with E-state index in [4.69, 9.17) is 5.73 Å². The zero-order valence-corrected chi connectivity index (χ0v) is 11.6. The Kier molecular flexibility index (Phi) is 5.26. The first-order chi connectivity index (χ1) is 7.54. The van der Waals surface area contributed by atoms with Gasteiger partial charge in [0.25, 0.3) is 0 Å². The second-order valence-corrected chi connectivity index (χ2v) is 6.15. The average molecular weight is 226 g/mol. The molecule has 96 valence electrons. The second kappa shape index (κ2) is 6.02. The van der Waals surface area contributed by atoms with Crippen molar-refractivity contribution in [3.05, 3.63) is 0 Å². The molecule has 2 N–H and O–H groups in total. The molecule has 1 unspecified atom stereocenters. The molecule has 1 fully saturated rings. The van der Waals surface area contributed by atoms with E-state index in [0.717, 1.165) is 25.0 Å². The molecule has 1 saturated carbocycles. The lowest BCUT2D eigenvalue weighted by Crippen LogP contribution is -2.45. The molecule has 0 spiro atoms. The third kappa shape index (κ3) is 4.06. The highest BCUT2D eigenvalue weighted by Gasteiger charge is 2.35. The van der Waals surface area contributed by atoms with Crippen molar-refractivity contribution in [1.29, 1.82) is 0 Å². The van der Waals surface area contributed by atoms with Crippen LogP contribution in [0, 0.1) is 11.3 Å². The van der Waals surface area contributed by atoms with Crippen LogP contribution in [0.2, 0.25) is 0 Å². The number of hydrogen-bond acceptors (Lipinski definition) is 2. The van der Waals surface area contributed by atoms with Gasteiger partial charge in [-0.05, 0) is 50.1 Å². The van der Waals surface area contributed by atoms with Gasteiger partial charge in [0, 0.05) is 12.6 Å². The van der Waals surface area contributed by atoms with E-state index in [1.807, 2.05) is 0 Å². The van der Waals surface area contributed by atoms with E-state index in [1.165, 1.54) is 32.2 Å². The van der Waals surface area contributed by atoms with Crippen LogP contribution in [0.5, 0.6) is 0 Å². The van der Waals surface area contributed by atoms with Crippen molar-refractivity contribution in [1.82, 2.24) is 4.90 Å². The molecule has 0 aliphatic heterocycles. The normalized spacial score (nSPS) is 19.1. The maximum Gasteiger partial charge on any atom is 0.0121 e. The first kappa shape index (κ1) is 14.0. The third-order valence-electron chi connectivity index (χ3n) is 3.75. The number of nitrogens with two attached hydrogens (primary N) is 1. The van der Waals surface area contributed by atoms with Crippen LogP contribution in [0.1, 0.15) is 53.4 Å². The first-order valence-corrected chi connectivity index (χ1v) is 6.98. The van der Waals surface area contributed by atoms with E-state index in [1.54, 1.807) is 0 Å². The van der Waals surface area contributed by atoms with Crippen LogP contribution in [-0.4, -0.2) is 30.6 Å². The van der Waals surface area contributed by atoms with Gasteiger partial charge < -0.3 is 5.73 Å². The largest absolute Gasteiger partial charge is 0.330 e. The smallest absolute Gasteiger partial charge is 0.0121 e. The highest BCUT2D eigenvalue weighted by molar-refractivity contribution is 4.89. The molecule has 2 nitrogen and oxygen atoms in total. The van der Waals surface area contributed by atoms with E-state index in [9.17, 15) is 0 Å². The molecular formula is C14H30N2. The fourth-order valence-electron chi connectivity index (χ4n) is 2.63. The zero-order valence-electron chi connectivity index (χ0n) is 11.6. The lowest BCUT2D eigenvalue weighted by Gasteiger charge is -2.37. The van der Waals surface area contributed by atoms with E-state index in [2.05, 4.69) is 32.6 Å². The molecule has 0 bridgehead atoms. The number of nitrogens with zero attached hydrogens (tertiary/aromatic N) is 1. The van der Waals surface area contributed by atoms with Crippen molar-refractivity contribution in [3.63, 3.8) is 0 Å². The van der Waals surface area contributed by atoms with Gasteiger partial charge in [-0.2, -0.15) is 0 Å². The molecule has 0 amide bonds. The molecule has 1 aliphatic carbocycles. The maximum atomic E-state index is 5.86. The lowest BCUT2D eigenvalue weighted by molar-refractivity contribution is 0.115. The van der Waals surface area contributed by atoms with Gasteiger partial charge in [0.05, 0.1) is 0 Å². The van der Waals surface area contributed by atoms with Crippen LogP contribution in [0.15, 0.2) is 0 Å². The average Bonchev–Trinajstić information content (AvgIpc) is 3.03. The summed E-state index contributed by atoms with van der Waals surface area (Å²) >= 11 is 0. The summed E-state index contributed by atoms with van der Waals surface area (Å²) in [6, 6.07) is 0.811. The molecular weight excluding hydrogens is 196 g/mol. The van der Waals surface area contributed by atoms with Gasteiger partial charge in [-0.3, -0.25) is 4.90 Å². The minimum atomic E-state index is 0.261. The van der Waals surface area contributed by atoms with Crippen LogP contribution in [-0.2, 0) is 0 Å². The van der Waals surface area contributed by atoms with Gasteiger partial charge in [-0.25, -0.2) is 0 Å². The van der Waals surface area contributed by atoms with Crippen molar-refractivity contribution < 1.29 is 0 Å². The summed E-state index contributed by atoms with van der Waals surface area (Å²) in [4.78, 5) is 2.70. The Labute approximate surface area is 102 Å². The van der Waals surface area contributed by atoms with Crippen LogP contribution in [0.25, 0.3) is 0 Å². The molecule has 16 heavy (non-hydrogen) atoms. The molecule has 0 saturated heterocycles. The molecule has 0 aromatic heterocycles. The Morgan fingerprint density at radius 1 is 1.31 bits per heavy atom. The summed E-state index contributed by atoms with van der Waals surface area (Å²) in [5.74, 6) is 0.977. The predicted molar refractivity (Wildman–Crippen MR) is 71.5 cm³/mol. The summed E-state index contributed by atoms with van der Waals surface area (Å²) in [6.07, 6.45) is 5.44. The van der Waals surface area contributed by atoms with Crippen molar-refractivity contribution in [2.75, 3.05) is 19.6 Å². The van der Waals surface area contributed by atoms with Crippen molar-refractivity contribution in [2.45, 2.75) is 59.4 Å². The quantitative estimate of drug-likeness (QED) is 0.689. The van der Waals surface area contributed by atoms with Gasteiger partial charge in [0.1, 0.15) is 0 Å². The SMILES string of the molecule is CCCN(CC(C)(C)CN)C(CC)C1CC1. The van der Waals surface area contributed by atoms with Crippen molar-refractivity contribution >= 4 is 0 Å². The Morgan fingerprint density at radius 2 is 1.94 bits per heavy atom. The van der Waals surface area contributed by atoms with Gasteiger partial charge in [-0.15, -0.1) is 0 Å². The minimum Gasteiger partial charge on any atom is -0.330 e. The van der Waals surface area contributed by atoms with Crippen LogP contribution in [0.4, 0.5) is 0 Å². The topological polar surface area (TPSA) is 29.3 Å². The summed E-state index contributed by atoms with van der Waals surface area (Å²) in [5.41, 5.74) is 6.12. The van der Waals surface area contributed by atoms with Gasteiger partial charge in [0.2, 0.25) is 0 Å². The molecule has 1 aliphatic rings. The maximum absolute atomic E-state index is 5.86. The Bertz CT molecular complexity index is 197. The summed E-state index contributed by atoms with van der Waals surface area (Å²) in [5, 5.41) is 0. The van der Waals surface area contributed by atoms with Crippen LogP contribution >= 0.6 is 0 Å². The van der Waals surface area contributed by atoms with Crippen LogP contribution in [0.3, 0.4) is 0 Å². The summed E-state index contributed by atoms with van der Waals surface area (Å²) < 4.78 is 0. The van der Waals surface area contributed by atoms with Gasteiger partial charge in [-0.1, -0.05) is 27.7 Å². The number of hydrogen-bond donors (Lipinski definition) is 1. The molecule has 2 heteroatoms. The van der Waals surface area contributed by atoms with E-state index >= 15 is 0 Å². The molecule has 1 atom stereocenters. The predicted octanol–water partition coefficient (Wildman–Crippen LogP) is 2.87. The number of rotatable bonds is 8. The highest BCUT2D eigenvalue weighted by Crippen LogP contribution is 2.37. The minimum absolute atomic E-state index is 0.261. The van der Waals surface area contributed by atoms with Gasteiger partial charge in [0.15, 0.2) is 0 Å². The summed E-state index contributed by atoms with van der Waals surface area (Å²) in [6.45, 7) is 12.4. The molecule has 0 heterocycles. The van der Waals surface area contributed by atoms with E-state index in [-0.39, 0.29) is 5.41 Å². The molecule has 0 aromatic rings. The van der Waals surface area contributed by atoms with Gasteiger partial charge >= 0.3 is 0 Å².